The van der Waals surface area contributed by atoms with Crippen LogP contribution in [0.3, 0.4) is 0 Å². The number of rotatable bonds is 3. The molecular weight excluding hydrogens is 320 g/mol. The monoisotopic (exact) mass is 348 g/mol. The van der Waals surface area contributed by atoms with Crippen LogP contribution < -0.4 is 4.74 Å². The molecule has 2 amide bonds. The Morgan fingerprint density at radius 1 is 0.960 bits per heavy atom. The molecule has 0 radical (unpaired) electrons. The number of ether oxygens (including phenoxy) is 2. The summed E-state index contributed by atoms with van der Waals surface area (Å²) in [5, 5.41) is 0. The molecule has 0 aromatic heterocycles. The number of hydrogen-bond acceptors (Lipinski definition) is 4. The predicted octanol–water partition coefficient (Wildman–Crippen LogP) is 3.17. The lowest BCUT2D eigenvalue weighted by atomic mass is 10.1. The van der Waals surface area contributed by atoms with Crippen molar-refractivity contribution in [1.82, 2.24) is 9.80 Å². The molecule has 2 rings (SSSR count). The van der Waals surface area contributed by atoms with Crippen molar-refractivity contribution in [3.63, 3.8) is 0 Å². The topological polar surface area (TPSA) is 59.1 Å². The van der Waals surface area contributed by atoms with E-state index in [1.165, 1.54) is 0 Å². The smallest absolute Gasteiger partial charge is 0.410 e. The second-order valence-corrected chi connectivity index (χ2v) is 7.45. The van der Waals surface area contributed by atoms with Crippen LogP contribution in [0, 0.1) is 0 Å². The van der Waals surface area contributed by atoms with E-state index in [9.17, 15) is 9.59 Å². The van der Waals surface area contributed by atoms with Crippen LogP contribution in [0.2, 0.25) is 0 Å². The zero-order chi connectivity index (χ0) is 18.6. The third-order valence-electron chi connectivity index (χ3n) is 3.69. The second-order valence-electron chi connectivity index (χ2n) is 7.45. The van der Waals surface area contributed by atoms with Crippen LogP contribution in [0.1, 0.15) is 45.0 Å². The Bertz CT molecular complexity index is 597. The molecule has 0 saturated carbocycles. The van der Waals surface area contributed by atoms with Gasteiger partial charge in [0.25, 0.3) is 5.91 Å². The normalized spacial score (nSPS) is 15.3. The number of benzene rings is 1. The fourth-order valence-electron chi connectivity index (χ4n) is 2.55. The van der Waals surface area contributed by atoms with Crippen LogP contribution in [0.25, 0.3) is 0 Å². The van der Waals surface area contributed by atoms with E-state index < -0.39 is 5.60 Å². The van der Waals surface area contributed by atoms with Crippen molar-refractivity contribution in [1.29, 1.82) is 0 Å². The summed E-state index contributed by atoms with van der Waals surface area (Å²) in [5.41, 5.74) is 0.117. The van der Waals surface area contributed by atoms with Gasteiger partial charge in [-0.2, -0.15) is 0 Å². The van der Waals surface area contributed by atoms with Gasteiger partial charge in [0.15, 0.2) is 0 Å². The van der Waals surface area contributed by atoms with Gasteiger partial charge in [-0.1, -0.05) is 0 Å². The van der Waals surface area contributed by atoms with E-state index in [1.54, 1.807) is 21.9 Å². The molecular formula is C19H28N2O4. The van der Waals surface area contributed by atoms with E-state index >= 15 is 0 Å². The number of carbonyl (C=O) groups excluding carboxylic acids is 2. The number of nitrogens with zero attached hydrogens (tertiary/aromatic N) is 2. The average molecular weight is 348 g/mol. The Hall–Kier alpha value is -2.24. The standard InChI is InChI=1S/C19H28N2O4/c1-14(2)24-16-8-6-15(7-9-16)17(22)20-10-12-21(13-11-20)18(23)25-19(3,4)5/h6-9,14H,10-13H2,1-5H3. The third kappa shape index (κ3) is 5.66. The molecule has 1 heterocycles. The Kier molecular flexibility index (Phi) is 5.93. The summed E-state index contributed by atoms with van der Waals surface area (Å²) >= 11 is 0. The first-order valence-electron chi connectivity index (χ1n) is 8.69. The van der Waals surface area contributed by atoms with Crippen LogP contribution in [0.5, 0.6) is 5.75 Å². The molecule has 0 N–H and O–H groups in total. The number of hydrogen-bond donors (Lipinski definition) is 0. The molecule has 1 aromatic rings. The van der Waals surface area contributed by atoms with Crippen LogP contribution in [-0.2, 0) is 4.74 Å². The van der Waals surface area contributed by atoms with Crippen molar-refractivity contribution in [2.24, 2.45) is 0 Å². The largest absolute Gasteiger partial charge is 0.491 e. The number of piperazine rings is 1. The molecule has 1 aromatic carbocycles. The zero-order valence-electron chi connectivity index (χ0n) is 15.7. The third-order valence-corrected chi connectivity index (χ3v) is 3.69. The predicted molar refractivity (Wildman–Crippen MR) is 95.9 cm³/mol. The van der Waals surface area contributed by atoms with Crippen molar-refractivity contribution in [3.8, 4) is 5.75 Å². The lowest BCUT2D eigenvalue weighted by molar-refractivity contribution is 0.0141. The van der Waals surface area contributed by atoms with Gasteiger partial charge in [0.2, 0.25) is 0 Å². The van der Waals surface area contributed by atoms with Gasteiger partial charge in [-0.3, -0.25) is 4.79 Å². The molecule has 0 unspecified atom stereocenters. The van der Waals surface area contributed by atoms with E-state index in [4.69, 9.17) is 9.47 Å². The van der Waals surface area contributed by atoms with Crippen LogP contribution >= 0.6 is 0 Å². The Balaban J connectivity index is 1.89. The first kappa shape index (κ1) is 19.1. The maximum absolute atomic E-state index is 12.6. The average Bonchev–Trinajstić information content (AvgIpc) is 2.53. The lowest BCUT2D eigenvalue weighted by Gasteiger charge is -2.35. The van der Waals surface area contributed by atoms with E-state index in [-0.39, 0.29) is 18.1 Å². The number of carbonyl (C=O) groups is 2. The highest BCUT2D eigenvalue weighted by molar-refractivity contribution is 5.94. The van der Waals surface area contributed by atoms with Gasteiger partial charge in [0, 0.05) is 31.7 Å². The quantitative estimate of drug-likeness (QED) is 0.842. The highest BCUT2D eigenvalue weighted by Crippen LogP contribution is 2.17. The van der Waals surface area contributed by atoms with E-state index in [1.807, 2.05) is 46.8 Å². The summed E-state index contributed by atoms with van der Waals surface area (Å²) < 4.78 is 11.0. The second kappa shape index (κ2) is 7.76. The molecule has 0 atom stereocenters. The zero-order valence-corrected chi connectivity index (χ0v) is 15.7. The number of amides is 2. The van der Waals surface area contributed by atoms with Crippen molar-refractivity contribution < 1.29 is 19.1 Å². The van der Waals surface area contributed by atoms with Crippen LogP contribution in [-0.4, -0.2) is 59.7 Å². The van der Waals surface area contributed by atoms with Gasteiger partial charge in [0.05, 0.1) is 6.10 Å². The fourth-order valence-corrected chi connectivity index (χ4v) is 2.55. The van der Waals surface area contributed by atoms with Crippen LogP contribution in [0.15, 0.2) is 24.3 Å². The fraction of sp³-hybridized carbons (Fsp3) is 0.579. The van der Waals surface area contributed by atoms with Crippen molar-refractivity contribution in [3.05, 3.63) is 29.8 Å². The molecule has 0 aliphatic carbocycles. The van der Waals surface area contributed by atoms with Gasteiger partial charge in [-0.25, -0.2) is 4.79 Å². The van der Waals surface area contributed by atoms with Crippen molar-refractivity contribution in [2.75, 3.05) is 26.2 Å². The lowest BCUT2D eigenvalue weighted by Crippen LogP contribution is -2.51. The molecule has 1 fully saturated rings. The van der Waals surface area contributed by atoms with Gasteiger partial charge >= 0.3 is 6.09 Å². The Labute approximate surface area is 149 Å². The minimum absolute atomic E-state index is 0.0278. The van der Waals surface area contributed by atoms with E-state index in [0.29, 0.717) is 31.7 Å². The first-order chi connectivity index (χ1) is 11.7. The summed E-state index contributed by atoms with van der Waals surface area (Å²) in [4.78, 5) is 28.1. The molecule has 1 aliphatic heterocycles. The molecule has 6 heteroatoms. The summed E-state index contributed by atoms with van der Waals surface area (Å²) in [5.74, 6) is 0.723. The Morgan fingerprint density at radius 3 is 1.96 bits per heavy atom. The molecule has 1 saturated heterocycles. The van der Waals surface area contributed by atoms with Gasteiger partial charge in [0.1, 0.15) is 11.4 Å². The van der Waals surface area contributed by atoms with E-state index in [2.05, 4.69) is 0 Å². The van der Waals surface area contributed by atoms with Crippen LogP contribution in [0.4, 0.5) is 4.79 Å². The summed E-state index contributed by atoms with van der Waals surface area (Å²) in [6.07, 6.45) is -0.225. The molecule has 138 valence electrons. The summed E-state index contributed by atoms with van der Waals surface area (Å²) in [7, 11) is 0. The van der Waals surface area contributed by atoms with Gasteiger partial charge in [-0.05, 0) is 58.9 Å². The maximum atomic E-state index is 12.6. The van der Waals surface area contributed by atoms with E-state index in [0.717, 1.165) is 5.75 Å². The van der Waals surface area contributed by atoms with Gasteiger partial charge < -0.3 is 19.3 Å². The highest BCUT2D eigenvalue weighted by Gasteiger charge is 2.28. The molecule has 6 nitrogen and oxygen atoms in total. The molecule has 0 bridgehead atoms. The van der Waals surface area contributed by atoms with Gasteiger partial charge in [-0.15, -0.1) is 0 Å². The minimum Gasteiger partial charge on any atom is -0.491 e. The maximum Gasteiger partial charge on any atom is 0.410 e. The molecule has 1 aliphatic rings. The molecule has 0 spiro atoms. The summed E-state index contributed by atoms with van der Waals surface area (Å²) in [6.45, 7) is 11.4. The molecule has 25 heavy (non-hydrogen) atoms. The highest BCUT2D eigenvalue weighted by atomic mass is 16.6. The SMILES string of the molecule is CC(C)Oc1ccc(C(=O)N2CCN(C(=O)OC(C)(C)C)CC2)cc1. The van der Waals surface area contributed by atoms with Crippen molar-refractivity contribution >= 4 is 12.0 Å². The Morgan fingerprint density at radius 2 is 1.48 bits per heavy atom. The van der Waals surface area contributed by atoms with Crippen molar-refractivity contribution in [2.45, 2.75) is 46.3 Å². The first-order valence-corrected chi connectivity index (χ1v) is 8.69. The minimum atomic E-state index is -0.510. The summed E-state index contributed by atoms with van der Waals surface area (Å²) in [6, 6.07) is 7.18.